The number of rotatable bonds is 6. The van der Waals surface area contributed by atoms with Gasteiger partial charge in [0.1, 0.15) is 10.0 Å². The lowest BCUT2D eigenvalue weighted by Gasteiger charge is -2.05. The summed E-state index contributed by atoms with van der Waals surface area (Å²) >= 11 is 1.69. The van der Waals surface area contributed by atoms with Crippen molar-refractivity contribution in [2.24, 2.45) is 5.92 Å². The van der Waals surface area contributed by atoms with Gasteiger partial charge in [0.2, 0.25) is 0 Å². The molecule has 1 aromatic carbocycles. The summed E-state index contributed by atoms with van der Waals surface area (Å²) in [5.41, 5.74) is 3.72. The van der Waals surface area contributed by atoms with E-state index < -0.39 is 0 Å². The van der Waals surface area contributed by atoms with Gasteiger partial charge in [-0.05, 0) is 29.7 Å². The monoisotopic (exact) mass is 303 g/mol. The highest BCUT2D eigenvalue weighted by Crippen LogP contribution is 2.28. The van der Waals surface area contributed by atoms with E-state index in [-0.39, 0.29) is 0 Å². The predicted molar refractivity (Wildman–Crippen MR) is 85.2 cm³/mol. The van der Waals surface area contributed by atoms with Gasteiger partial charge in [-0.1, -0.05) is 37.3 Å². The van der Waals surface area contributed by atoms with Gasteiger partial charge in [0.25, 0.3) is 0 Å². The topological polar surface area (TPSA) is 47.0 Å². The van der Waals surface area contributed by atoms with E-state index in [0.717, 1.165) is 41.7 Å². The maximum absolute atomic E-state index is 5.45. The Bertz CT molecular complexity index is 609. The molecule has 1 aliphatic heterocycles. The zero-order valence-corrected chi connectivity index (χ0v) is 13.4. The lowest BCUT2D eigenvalue weighted by molar-refractivity contribution is 0.134. The van der Waals surface area contributed by atoms with Crippen LogP contribution in [0.5, 0.6) is 0 Å². The van der Waals surface area contributed by atoms with Crippen LogP contribution in [0.25, 0.3) is 10.6 Å². The third-order valence-electron chi connectivity index (χ3n) is 3.50. The van der Waals surface area contributed by atoms with Gasteiger partial charge in [-0.3, -0.25) is 0 Å². The van der Waals surface area contributed by atoms with Gasteiger partial charge in [0.05, 0.1) is 13.2 Å². The van der Waals surface area contributed by atoms with Crippen LogP contribution in [-0.4, -0.2) is 23.3 Å². The summed E-state index contributed by atoms with van der Waals surface area (Å²) in [6.45, 7) is 7.90. The summed E-state index contributed by atoms with van der Waals surface area (Å²) in [5.74, 6) is 0.684. The molecular weight excluding hydrogens is 282 g/mol. The Morgan fingerprint density at radius 3 is 2.95 bits per heavy atom. The number of aromatic nitrogens is 2. The smallest absolute Gasteiger partial charge is 0.147 e. The number of benzene rings is 1. The molecule has 1 aliphatic rings. The molecule has 1 N–H and O–H groups in total. The summed E-state index contributed by atoms with van der Waals surface area (Å²) < 4.78 is 5.45. The third-order valence-corrected chi connectivity index (χ3v) is 4.54. The minimum Gasteiger partial charge on any atom is -0.372 e. The molecule has 1 aromatic heterocycles. The lowest BCUT2D eigenvalue weighted by Crippen LogP contribution is -2.22. The second-order valence-corrected chi connectivity index (χ2v) is 6.89. The van der Waals surface area contributed by atoms with Gasteiger partial charge >= 0.3 is 0 Å². The van der Waals surface area contributed by atoms with Gasteiger partial charge < -0.3 is 10.1 Å². The molecule has 3 rings (SSSR count). The molecule has 2 aromatic rings. The van der Waals surface area contributed by atoms with Crippen molar-refractivity contribution in [2.75, 3.05) is 13.1 Å². The molecule has 21 heavy (non-hydrogen) atoms. The predicted octanol–water partition coefficient (Wildman–Crippen LogP) is 3.02. The van der Waals surface area contributed by atoms with Crippen LogP contribution in [0.15, 0.2) is 18.2 Å². The molecule has 0 spiro atoms. The van der Waals surface area contributed by atoms with E-state index in [2.05, 4.69) is 47.6 Å². The van der Waals surface area contributed by atoms with Gasteiger partial charge in [-0.15, -0.1) is 10.2 Å². The molecule has 0 atom stereocenters. The van der Waals surface area contributed by atoms with Crippen LogP contribution in [0.3, 0.4) is 0 Å². The summed E-state index contributed by atoms with van der Waals surface area (Å²) in [4.78, 5) is 0. The van der Waals surface area contributed by atoms with E-state index in [4.69, 9.17) is 4.74 Å². The Morgan fingerprint density at radius 1 is 1.24 bits per heavy atom. The van der Waals surface area contributed by atoms with Crippen molar-refractivity contribution in [3.05, 3.63) is 34.3 Å². The average Bonchev–Trinajstić information content (AvgIpc) is 3.11. The Kier molecular flexibility index (Phi) is 4.63. The highest BCUT2D eigenvalue weighted by atomic mass is 32.1. The molecular formula is C16H21N3OS. The summed E-state index contributed by atoms with van der Waals surface area (Å²) in [5, 5.41) is 14.2. The molecule has 0 aliphatic carbocycles. The van der Waals surface area contributed by atoms with Crippen molar-refractivity contribution >= 4 is 11.3 Å². The SMILES string of the molecule is CC(C)CNCCc1nnc(-c2ccc3c(c2)COC3)s1. The van der Waals surface area contributed by atoms with Crippen molar-refractivity contribution in [2.45, 2.75) is 33.5 Å². The van der Waals surface area contributed by atoms with E-state index in [1.54, 1.807) is 11.3 Å². The first-order valence-electron chi connectivity index (χ1n) is 7.45. The van der Waals surface area contributed by atoms with E-state index in [1.165, 1.54) is 11.1 Å². The number of ether oxygens (including phenoxy) is 1. The number of hydrogen-bond donors (Lipinski definition) is 1. The fourth-order valence-corrected chi connectivity index (χ4v) is 3.20. The van der Waals surface area contributed by atoms with Gasteiger partial charge in [-0.2, -0.15) is 0 Å². The Morgan fingerprint density at radius 2 is 2.10 bits per heavy atom. The second kappa shape index (κ2) is 6.64. The zero-order chi connectivity index (χ0) is 14.7. The lowest BCUT2D eigenvalue weighted by atomic mass is 10.1. The highest BCUT2D eigenvalue weighted by molar-refractivity contribution is 7.14. The average molecular weight is 303 g/mol. The zero-order valence-electron chi connectivity index (χ0n) is 12.6. The van der Waals surface area contributed by atoms with Crippen molar-refractivity contribution in [3.8, 4) is 10.6 Å². The van der Waals surface area contributed by atoms with Crippen molar-refractivity contribution in [1.29, 1.82) is 0 Å². The maximum Gasteiger partial charge on any atom is 0.147 e. The van der Waals surface area contributed by atoms with E-state index in [0.29, 0.717) is 12.5 Å². The van der Waals surface area contributed by atoms with Crippen molar-refractivity contribution in [1.82, 2.24) is 15.5 Å². The first-order chi connectivity index (χ1) is 10.2. The quantitative estimate of drug-likeness (QED) is 0.833. The van der Waals surface area contributed by atoms with Crippen molar-refractivity contribution in [3.63, 3.8) is 0 Å². The fraction of sp³-hybridized carbons (Fsp3) is 0.500. The van der Waals surface area contributed by atoms with Crippen molar-refractivity contribution < 1.29 is 4.74 Å². The van der Waals surface area contributed by atoms with E-state index in [1.807, 2.05) is 0 Å². The van der Waals surface area contributed by atoms with Crippen LogP contribution in [-0.2, 0) is 24.4 Å². The van der Waals surface area contributed by atoms with Crippen LogP contribution >= 0.6 is 11.3 Å². The standard InChI is InChI=1S/C16H21N3OS/c1-11(2)8-17-6-5-15-18-19-16(21-15)12-3-4-13-9-20-10-14(13)7-12/h3-4,7,11,17H,5-6,8-10H2,1-2H3. The summed E-state index contributed by atoms with van der Waals surface area (Å²) in [7, 11) is 0. The second-order valence-electron chi connectivity index (χ2n) is 5.83. The highest BCUT2D eigenvalue weighted by Gasteiger charge is 2.14. The fourth-order valence-electron chi connectivity index (χ4n) is 2.36. The molecule has 4 nitrogen and oxygen atoms in total. The Labute approximate surface area is 129 Å². The number of fused-ring (bicyclic) bond motifs is 1. The number of nitrogens with one attached hydrogen (secondary N) is 1. The van der Waals surface area contributed by atoms with Crippen LogP contribution < -0.4 is 5.32 Å². The Hall–Kier alpha value is -1.30. The number of hydrogen-bond acceptors (Lipinski definition) is 5. The normalized spacial score (nSPS) is 13.9. The van der Waals surface area contributed by atoms with Crippen LogP contribution in [0.4, 0.5) is 0 Å². The molecule has 0 amide bonds. The molecule has 0 saturated heterocycles. The van der Waals surface area contributed by atoms with Crippen LogP contribution in [0.1, 0.15) is 30.0 Å². The minimum absolute atomic E-state index is 0.684. The van der Waals surface area contributed by atoms with Gasteiger partial charge in [0.15, 0.2) is 0 Å². The molecule has 112 valence electrons. The molecule has 5 heteroatoms. The largest absolute Gasteiger partial charge is 0.372 e. The van der Waals surface area contributed by atoms with Gasteiger partial charge in [0, 0.05) is 18.5 Å². The first-order valence-corrected chi connectivity index (χ1v) is 8.27. The van der Waals surface area contributed by atoms with E-state index in [9.17, 15) is 0 Å². The maximum atomic E-state index is 5.45. The summed E-state index contributed by atoms with van der Waals surface area (Å²) in [6.07, 6.45) is 0.943. The number of nitrogens with zero attached hydrogens (tertiary/aromatic N) is 2. The minimum atomic E-state index is 0.684. The molecule has 0 saturated carbocycles. The third kappa shape index (κ3) is 3.67. The molecule has 0 radical (unpaired) electrons. The van der Waals surface area contributed by atoms with Crippen LogP contribution in [0.2, 0.25) is 0 Å². The Balaban J connectivity index is 1.62. The molecule has 0 bridgehead atoms. The molecule has 0 unspecified atom stereocenters. The summed E-state index contributed by atoms with van der Waals surface area (Å²) in [6, 6.07) is 6.45. The van der Waals surface area contributed by atoms with Crippen LogP contribution in [0, 0.1) is 5.92 Å². The molecule has 2 heterocycles. The van der Waals surface area contributed by atoms with Gasteiger partial charge in [-0.25, -0.2) is 0 Å². The first kappa shape index (κ1) is 14.6. The van der Waals surface area contributed by atoms with E-state index >= 15 is 0 Å². The molecule has 0 fully saturated rings.